The van der Waals surface area contributed by atoms with Gasteiger partial charge in [0, 0.05) is 37.4 Å². The van der Waals surface area contributed by atoms with Crippen molar-refractivity contribution in [2.75, 3.05) is 0 Å². The van der Waals surface area contributed by atoms with Gasteiger partial charge in [0.1, 0.15) is 0 Å². The molecule has 0 radical (unpaired) electrons. The predicted molar refractivity (Wildman–Crippen MR) is 186 cm³/mol. The molecule has 2 N–H and O–H groups in total. The number of aromatic nitrogens is 2. The van der Waals surface area contributed by atoms with Crippen molar-refractivity contribution in [1.82, 2.24) is 9.13 Å². The molecule has 0 amide bonds. The van der Waals surface area contributed by atoms with Crippen molar-refractivity contribution in [3.05, 3.63) is 150 Å². The molecule has 0 saturated carbocycles. The van der Waals surface area contributed by atoms with Gasteiger partial charge in [-0.25, -0.2) is 0 Å². The summed E-state index contributed by atoms with van der Waals surface area (Å²) in [5, 5.41) is 23.5. The van der Waals surface area contributed by atoms with Crippen LogP contribution in [0.3, 0.4) is 0 Å². The number of fused-ring (bicyclic) bond motifs is 6. The molecule has 0 unspecified atom stereocenters. The summed E-state index contributed by atoms with van der Waals surface area (Å²) in [6.07, 6.45) is 0. The zero-order valence-corrected chi connectivity index (χ0v) is 24.2. The summed E-state index contributed by atoms with van der Waals surface area (Å²) in [4.78, 5) is 0. The predicted octanol–water partition coefficient (Wildman–Crippen LogP) is 8.65. The van der Waals surface area contributed by atoms with Crippen LogP contribution in [0.5, 0.6) is 0 Å². The van der Waals surface area contributed by atoms with Gasteiger partial charge < -0.3 is 19.2 Å². The standard InChI is InChI=1S/C18H14BNO2.C18H12BrN.CH4/c21-19(22)13-10-11-18-16(12-13)15-8-4-5-9-17(15)20(18)14-6-2-1-3-7-14;19-13-10-11-18-16(12-13)15-8-4-5-9-17(15)20(18)14-6-2-1-3-7-14;/h1-12,21-22H;1-12H;1H4. The fourth-order valence-electron chi connectivity index (χ4n) is 5.81. The number of rotatable bonds is 3. The van der Waals surface area contributed by atoms with E-state index in [2.05, 4.69) is 116 Å². The monoisotopic (exact) mass is 624 g/mol. The van der Waals surface area contributed by atoms with Crippen LogP contribution in [0.4, 0.5) is 0 Å². The molecule has 43 heavy (non-hydrogen) atoms. The van der Waals surface area contributed by atoms with Crippen LogP contribution in [-0.2, 0) is 0 Å². The number of hydrogen-bond donors (Lipinski definition) is 2. The molecule has 0 aliphatic carbocycles. The quantitative estimate of drug-likeness (QED) is 0.193. The average molecular weight is 625 g/mol. The normalized spacial score (nSPS) is 11.0. The molecule has 2 aromatic heterocycles. The van der Waals surface area contributed by atoms with E-state index in [1.54, 1.807) is 6.07 Å². The molecular weight excluding hydrogens is 595 g/mol. The third kappa shape index (κ3) is 5.14. The van der Waals surface area contributed by atoms with Gasteiger partial charge in [-0.3, -0.25) is 0 Å². The van der Waals surface area contributed by atoms with Gasteiger partial charge in [-0.2, -0.15) is 0 Å². The first-order chi connectivity index (χ1) is 20.6. The molecule has 0 saturated heterocycles. The highest BCUT2D eigenvalue weighted by Gasteiger charge is 2.16. The van der Waals surface area contributed by atoms with Crippen molar-refractivity contribution < 1.29 is 10.0 Å². The molecule has 0 spiro atoms. The first-order valence-corrected chi connectivity index (χ1v) is 14.6. The molecule has 2 heterocycles. The maximum absolute atomic E-state index is 9.43. The smallest absolute Gasteiger partial charge is 0.423 e. The Morgan fingerprint density at radius 3 is 1.37 bits per heavy atom. The van der Waals surface area contributed by atoms with Crippen LogP contribution < -0.4 is 5.46 Å². The number of para-hydroxylation sites is 4. The van der Waals surface area contributed by atoms with Crippen LogP contribution in [-0.4, -0.2) is 26.3 Å². The van der Waals surface area contributed by atoms with E-state index in [-0.39, 0.29) is 7.43 Å². The van der Waals surface area contributed by atoms with E-state index in [1.165, 1.54) is 27.5 Å². The minimum atomic E-state index is -1.46. The number of benzene rings is 6. The zero-order valence-electron chi connectivity index (χ0n) is 22.6. The minimum Gasteiger partial charge on any atom is -0.423 e. The van der Waals surface area contributed by atoms with E-state index in [0.29, 0.717) is 5.46 Å². The van der Waals surface area contributed by atoms with Crippen molar-refractivity contribution >= 4 is 72.1 Å². The summed E-state index contributed by atoms with van der Waals surface area (Å²) >= 11 is 3.57. The van der Waals surface area contributed by atoms with Gasteiger partial charge >= 0.3 is 7.12 Å². The molecule has 0 atom stereocenters. The van der Waals surface area contributed by atoms with Crippen molar-refractivity contribution in [2.24, 2.45) is 0 Å². The summed E-state index contributed by atoms with van der Waals surface area (Å²) in [6, 6.07) is 49.4. The van der Waals surface area contributed by atoms with Crippen molar-refractivity contribution in [1.29, 1.82) is 0 Å². The summed E-state index contributed by atoms with van der Waals surface area (Å²) in [5.74, 6) is 0. The Labute approximate surface area is 259 Å². The second-order valence-corrected chi connectivity index (χ2v) is 11.1. The van der Waals surface area contributed by atoms with Gasteiger partial charge in [-0.15, -0.1) is 0 Å². The average Bonchev–Trinajstić information content (AvgIpc) is 3.54. The molecule has 8 rings (SSSR count). The van der Waals surface area contributed by atoms with E-state index >= 15 is 0 Å². The minimum absolute atomic E-state index is 0. The Balaban J connectivity index is 0.000000150. The summed E-state index contributed by atoms with van der Waals surface area (Å²) in [6.45, 7) is 0. The third-order valence-electron chi connectivity index (χ3n) is 7.66. The summed E-state index contributed by atoms with van der Waals surface area (Å²) in [7, 11) is -1.46. The lowest BCUT2D eigenvalue weighted by Crippen LogP contribution is -2.29. The third-order valence-corrected chi connectivity index (χ3v) is 8.15. The molecule has 0 aliphatic heterocycles. The van der Waals surface area contributed by atoms with E-state index < -0.39 is 7.12 Å². The molecule has 0 aliphatic rings. The van der Waals surface area contributed by atoms with Crippen LogP contribution in [0.2, 0.25) is 0 Å². The van der Waals surface area contributed by atoms with Gasteiger partial charge in [0.2, 0.25) is 0 Å². The highest BCUT2D eigenvalue weighted by molar-refractivity contribution is 9.10. The number of halogens is 1. The number of nitrogens with zero attached hydrogens (tertiary/aromatic N) is 2. The van der Waals surface area contributed by atoms with E-state index in [9.17, 15) is 10.0 Å². The molecule has 0 bridgehead atoms. The van der Waals surface area contributed by atoms with Crippen molar-refractivity contribution in [3.63, 3.8) is 0 Å². The van der Waals surface area contributed by atoms with Crippen LogP contribution in [0.15, 0.2) is 150 Å². The first kappa shape index (κ1) is 28.5. The van der Waals surface area contributed by atoms with Gasteiger partial charge in [-0.05, 0) is 66.1 Å². The molecule has 210 valence electrons. The van der Waals surface area contributed by atoms with Crippen molar-refractivity contribution in [2.45, 2.75) is 7.43 Å². The van der Waals surface area contributed by atoms with Gasteiger partial charge in [-0.1, -0.05) is 108 Å². The van der Waals surface area contributed by atoms with Gasteiger partial charge in [0.25, 0.3) is 0 Å². The Morgan fingerprint density at radius 2 is 0.860 bits per heavy atom. The lowest BCUT2D eigenvalue weighted by atomic mass is 9.80. The van der Waals surface area contributed by atoms with Crippen LogP contribution in [0.1, 0.15) is 7.43 Å². The Morgan fingerprint density at radius 1 is 0.442 bits per heavy atom. The van der Waals surface area contributed by atoms with Crippen LogP contribution in [0, 0.1) is 0 Å². The molecule has 6 heteroatoms. The highest BCUT2D eigenvalue weighted by Crippen LogP contribution is 2.34. The molecule has 8 aromatic rings. The van der Waals surface area contributed by atoms with Crippen LogP contribution in [0.25, 0.3) is 55.0 Å². The maximum atomic E-state index is 9.43. The van der Waals surface area contributed by atoms with E-state index in [0.717, 1.165) is 32.0 Å². The summed E-state index contributed by atoms with van der Waals surface area (Å²) in [5.41, 5.74) is 7.42. The van der Waals surface area contributed by atoms with Crippen LogP contribution >= 0.6 is 15.9 Å². The SMILES string of the molecule is Brc1ccc2c(c1)c1ccccc1n2-c1ccccc1.C.OB(O)c1ccc2c(c1)c1ccccc1n2-c1ccccc1. The lowest BCUT2D eigenvalue weighted by Gasteiger charge is -2.07. The van der Waals surface area contributed by atoms with E-state index in [4.69, 9.17) is 0 Å². The lowest BCUT2D eigenvalue weighted by molar-refractivity contribution is 0.426. The zero-order chi connectivity index (χ0) is 28.6. The Kier molecular flexibility index (Phi) is 7.91. The molecule has 4 nitrogen and oxygen atoms in total. The highest BCUT2D eigenvalue weighted by atomic mass is 79.9. The first-order valence-electron chi connectivity index (χ1n) is 13.8. The number of hydrogen-bond acceptors (Lipinski definition) is 2. The fraction of sp³-hybridized carbons (Fsp3) is 0.0270. The maximum Gasteiger partial charge on any atom is 0.488 e. The van der Waals surface area contributed by atoms with Crippen molar-refractivity contribution in [3.8, 4) is 11.4 Å². The molecule has 6 aromatic carbocycles. The molecular formula is C37H30BBrN2O2. The van der Waals surface area contributed by atoms with Gasteiger partial charge in [0.15, 0.2) is 0 Å². The summed E-state index contributed by atoms with van der Waals surface area (Å²) < 4.78 is 5.62. The Hall–Kier alpha value is -4.62. The largest absolute Gasteiger partial charge is 0.488 e. The fourth-order valence-corrected chi connectivity index (χ4v) is 6.17. The molecule has 0 fully saturated rings. The van der Waals surface area contributed by atoms with E-state index in [1.807, 2.05) is 48.5 Å². The second kappa shape index (κ2) is 11.9. The topological polar surface area (TPSA) is 50.3 Å². The second-order valence-electron chi connectivity index (χ2n) is 10.2. The Bertz CT molecular complexity index is 2190. The van der Waals surface area contributed by atoms with Gasteiger partial charge in [0.05, 0.1) is 22.1 Å².